The fraction of sp³-hybridized carbons (Fsp3) is 0.333. The smallest absolute Gasteiger partial charge is 0.338 e. The van der Waals surface area contributed by atoms with Crippen LogP contribution in [0.3, 0.4) is 0 Å². The first-order chi connectivity index (χ1) is 8.08. The lowest BCUT2D eigenvalue weighted by molar-refractivity contribution is 0.0524. The van der Waals surface area contributed by atoms with Gasteiger partial charge in [-0.1, -0.05) is 0 Å². The van der Waals surface area contributed by atoms with Crippen molar-refractivity contribution in [2.75, 3.05) is 13.2 Å². The van der Waals surface area contributed by atoms with Crippen molar-refractivity contribution in [2.45, 2.75) is 13.8 Å². The third kappa shape index (κ3) is 3.55. The predicted octanol–water partition coefficient (Wildman–Crippen LogP) is 2.18. The van der Waals surface area contributed by atoms with Gasteiger partial charge in [0.15, 0.2) is 0 Å². The van der Waals surface area contributed by atoms with Crippen molar-refractivity contribution in [3.63, 3.8) is 0 Å². The first-order valence-corrected chi connectivity index (χ1v) is 5.23. The summed E-state index contributed by atoms with van der Waals surface area (Å²) in [6.07, 6.45) is 0. The maximum Gasteiger partial charge on any atom is 0.338 e. The summed E-state index contributed by atoms with van der Waals surface area (Å²) in [4.78, 5) is 22.8. The molecule has 0 aliphatic rings. The highest BCUT2D eigenvalue weighted by atomic mass is 19.1. The summed E-state index contributed by atoms with van der Waals surface area (Å²) in [6.45, 7) is 3.65. The Morgan fingerprint density at radius 2 is 1.41 bits per heavy atom. The molecule has 0 aromatic heterocycles. The molecule has 1 aromatic rings. The molecule has 0 amide bonds. The quantitative estimate of drug-likeness (QED) is 0.757. The van der Waals surface area contributed by atoms with Crippen molar-refractivity contribution >= 4 is 11.9 Å². The number of ether oxygens (including phenoxy) is 2. The largest absolute Gasteiger partial charge is 0.462 e. The van der Waals surface area contributed by atoms with E-state index >= 15 is 0 Å². The molecule has 0 saturated carbocycles. The van der Waals surface area contributed by atoms with Crippen LogP contribution in [0, 0.1) is 5.82 Å². The van der Waals surface area contributed by atoms with Crippen LogP contribution in [0.4, 0.5) is 4.39 Å². The van der Waals surface area contributed by atoms with Gasteiger partial charge in [-0.3, -0.25) is 0 Å². The van der Waals surface area contributed by atoms with Crippen molar-refractivity contribution in [1.82, 2.24) is 0 Å². The Bertz CT molecular complexity index is 392. The fourth-order valence-electron chi connectivity index (χ4n) is 1.25. The summed E-state index contributed by atoms with van der Waals surface area (Å²) < 4.78 is 22.7. The molecule has 1 aromatic carbocycles. The molecular formula is C12H13FO4. The van der Waals surface area contributed by atoms with Gasteiger partial charge < -0.3 is 9.47 Å². The average Bonchev–Trinajstić information content (AvgIpc) is 2.29. The third-order valence-corrected chi connectivity index (χ3v) is 1.92. The van der Waals surface area contributed by atoms with E-state index in [1.165, 1.54) is 6.07 Å². The fourth-order valence-corrected chi connectivity index (χ4v) is 1.25. The molecule has 0 radical (unpaired) electrons. The van der Waals surface area contributed by atoms with Gasteiger partial charge in [0, 0.05) is 0 Å². The van der Waals surface area contributed by atoms with E-state index in [0.717, 1.165) is 12.1 Å². The minimum Gasteiger partial charge on any atom is -0.462 e. The first kappa shape index (κ1) is 13.2. The molecular weight excluding hydrogens is 227 g/mol. The second kappa shape index (κ2) is 5.98. The van der Waals surface area contributed by atoms with Gasteiger partial charge in [0.05, 0.1) is 24.3 Å². The number of hydrogen-bond acceptors (Lipinski definition) is 4. The van der Waals surface area contributed by atoms with Crippen LogP contribution in [0.2, 0.25) is 0 Å². The van der Waals surface area contributed by atoms with Crippen LogP contribution in [0.5, 0.6) is 0 Å². The predicted molar refractivity (Wildman–Crippen MR) is 58.3 cm³/mol. The van der Waals surface area contributed by atoms with Crippen LogP contribution in [0.25, 0.3) is 0 Å². The second-order valence-electron chi connectivity index (χ2n) is 3.17. The van der Waals surface area contributed by atoms with E-state index in [9.17, 15) is 14.0 Å². The summed E-state index contributed by atoms with van der Waals surface area (Å²) in [7, 11) is 0. The molecule has 17 heavy (non-hydrogen) atoms. The van der Waals surface area contributed by atoms with Gasteiger partial charge in [0.25, 0.3) is 0 Å². The van der Waals surface area contributed by atoms with Crippen molar-refractivity contribution in [1.29, 1.82) is 0 Å². The van der Waals surface area contributed by atoms with Crippen LogP contribution >= 0.6 is 0 Å². The van der Waals surface area contributed by atoms with E-state index in [0.29, 0.717) is 0 Å². The van der Waals surface area contributed by atoms with Crippen molar-refractivity contribution < 1.29 is 23.5 Å². The molecule has 4 nitrogen and oxygen atoms in total. The summed E-state index contributed by atoms with van der Waals surface area (Å²) in [5.74, 6) is -2.02. The maximum atomic E-state index is 13.2. The van der Waals surface area contributed by atoms with E-state index < -0.39 is 17.8 Å². The molecule has 0 bridgehead atoms. The lowest BCUT2D eigenvalue weighted by Gasteiger charge is -2.05. The van der Waals surface area contributed by atoms with Crippen LogP contribution in [-0.4, -0.2) is 25.2 Å². The SMILES string of the molecule is CCOC(=O)c1cc(F)cc(C(=O)OCC)c1. The van der Waals surface area contributed by atoms with Gasteiger partial charge in [0.2, 0.25) is 0 Å². The minimum absolute atomic E-state index is 0.00472. The Hall–Kier alpha value is -1.91. The molecule has 0 spiro atoms. The lowest BCUT2D eigenvalue weighted by atomic mass is 10.1. The number of hydrogen-bond donors (Lipinski definition) is 0. The topological polar surface area (TPSA) is 52.6 Å². The summed E-state index contributed by atoms with van der Waals surface area (Å²) >= 11 is 0. The molecule has 0 N–H and O–H groups in total. The van der Waals surface area contributed by atoms with E-state index in [1.807, 2.05) is 0 Å². The summed E-state index contributed by atoms with van der Waals surface area (Å²) in [6, 6.07) is 3.28. The lowest BCUT2D eigenvalue weighted by Crippen LogP contribution is -2.09. The van der Waals surface area contributed by atoms with Crippen LogP contribution in [0.15, 0.2) is 18.2 Å². The summed E-state index contributed by atoms with van der Waals surface area (Å²) in [5, 5.41) is 0. The molecule has 0 aliphatic heterocycles. The minimum atomic E-state index is -0.682. The molecule has 0 heterocycles. The van der Waals surface area contributed by atoms with E-state index in [2.05, 4.69) is 0 Å². The number of carbonyl (C=O) groups excluding carboxylic acids is 2. The summed E-state index contributed by atoms with van der Waals surface area (Å²) in [5.41, 5.74) is -0.00944. The highest BCUT2D eigenvalue weighted by Crippen LogP contribution is 2.12. The Labute approximate surface area is 98.3 Å². The Kier molecular flexibility index (Phi) is 4.63. The normalized spacial score (nSPS) is 9.82. The van der Waals surface area contributed by atoms with Crippen LogP contribution in [0.1, 0.15) is 34.6 Å². The molecule has 0 aliphatic carbocycles. The zero-order valence-corrected chi connectivity index (χ0v) is 9.66. The van der Waals surface area contributed by atoms with Gasteiger partial charge in [-0.15, -0.1) is 0 Å². The molecule has 1 rings (SSSR count). The standard InChI is InChI=1S/C12H13FO4/c1-3-16-11(14)8-5-9(7-10(13)6-8)12(15)17-4-2/h5-7H,3-4H2,1-2H3. The van der Waals surface area contributed by atoms with Crippen molar-refractivity contribution in [3.05, 3.63) is 35.1 Å². The van der Waals surface area contributed by atoms with E-state index in [-0.39, 0.29) is 24.3 Å². The third-order valence-electron chi connectivity index (χ3n) is 1.92. The Balaban J connectivity index is 3.01. The van der Waals surface area contributed by atoms with Gasteiger partial charge in [-0.05, 0) is 32.0 Å². The molecule has 0 unspecified atom stereocenters. The van der Waals surface area contributed by atoms with Gasteiger partial charge >= 0.3 is 11.9 Å². The Morgan fingerprint density at radius 1 is 1.00 bits per heavy atom. The molecule has 5 heteroatoms. The van der Waals surface area contributed by atoms with Crippen LogP contribution in [-0.2, 0) is 9.47 Å². The molecule has 0 saturated heterocycles. The monoisotopic (exact) mass is 240 g/mol. The van der Waals surface area contributed by atoms with Crippen molar-refractivity contribution in [3.8, 4) is 0 Å². The first-order valence-electron chi connectivity index (χ1n) is 5.23. The maximum absolute atomic E-state index is 13.2. The second-order valence-corrected chi connectivity index (χ2v) is 3.17. The number of halogens is 1. The van der Waals surface area contributed by atoms with Gasteiger partial charge in [-0.2, -0.15) is 0 Å². The number of carbonyl (C=O) groups is 2. The van der Waals surface area contributed by atoms with E-state index in [4.69, 9.17) is 9.47 Å². The average molecular weight is 240 g/mol. The van der Waals surface area contributed by atoms with Crippen molar-refractivity contribution in [2.24, 2.45) is 0 Å². The zero-order chi connectivity index (χ0) is 12.8. The number of esters is 2. The van der Waals surface area contributed by atoms with E-state index in [1.54, 1.807) is 13.8 Å². The number of rotatable bonds is 4. The zero-order valence-electron chi connectivity index (χ0n) is 9.66. The highest BCUT2D eigenvalue weighted by Gasteiger charge is 2.14. The molecule has 92 valence electrons. The van der Waals surface area contributed by atoms with Gasteiger partial charge in [0.1, 0.15) is 5.82 Å². The van der Waals surface area contributed by atoms with Crippen LogP contribution < -0.4 is 0 Å². The molecule has 0 fully saturated rings. The van der Waals surface area contributed by atoms with Gasteiger partial charge in [-0.25, -0.2) is 14.0 Å². The molecule has 0 atom stereocenters. The highest BCUT2D eigenvalue weighted by molar-refractivity contribution is 5.95. The number of benzene rings is 1. The Morgan fingerprint density at radius 3 is 1.76 bits per heavy atom.